The summed E-state index contributed by atoms with van der Waals surface area (Å²) in [6, 6.07) is 32.7. The molecule has 0 fully saturated rings. The van der Waals surface area contributed by atoms with Gasteiger partial charge in [0.25, 0.3) is 11.5 Å². The van der Waals surface area contributed by atoms with Gasteiger partial charge in [-0.2, -0.15) is 0 Å². The van der Waals surface area contributed by atoms with E-state index < -0.39 is 18.0 Å². The van der Waals surface area contributed by atoms with Crippen LogP contribution in [0.2, 0.25) is 0 Å². The number of pyridine rings is 1. The molecule has 0 aliphatic heterocycles. The van der Waals surface area contributed by atoms with Crippen molar-refractivity contribution in [2.24, 2.45) is 7.05 Å². The monoisotopic (exact) mass is 518 g/mol. The highest BCUT2D eigenvalue weighted by Crippen LogP contribution is 2.31. The molecule has 1 atom stereocenters. The molecule has 0 radical (unpaired) electrons. The molecule has 0 spiro atoms. The average molecular weight is 519 g/mol. The van der Waals surface area contributed by atoms with Gasteiger partial charge in [0.1, 0.15) is 17.2 Å². The van der Waals surface area contributed by atoms with E-state index in [2.05, 4.69) is 5.32 Å². The minimum atomic E-state index is -1.12. The molecule has 1 N–H and O–H groups in total. The second kappa shape index (κ2) is 11.1. The van der Waals surface area contributed by atoms with Crippen LogP contribution in [0.5, 0.6) is 11.5 Å². The van der Waals surface area contributed by atoms with E-state index in [0.717, 1.165) is 5.56 Å². The molecule has 0 saturated heterocycles. The number of para-hydroxylation sites is 1. The average Bonchev–Trinajstić information content (AvgIpc) is 2.96. The van der Waals surface area contributed by atoms with Crippen molar-refractivity contribution in [3.8, 4) is 22.6 Å². The van der Waals surface area contributed by atoms with Gasteiger partial charge in [0, 0.05) is 23.7 Å². The van der Waals surface area contributed by atoms with E-state index in [4.69, 9.17) is 9.47 Å². The number of ether oxygens (including phenoxy) is 2. The summed E-state index contributed by atoms with van der Waals surface area (Å²) in [4.78, 5) is 39.5. The van der Waals surface area contributed by atoms with Gasteiger partial charge in [-0.05, 0) is 60.3 Å². The summed E-state index contributed by atoms with van der Waals surface area (Å²) >= 11 is 0. The first-order valence-electron chi connectivity index (χ1n) is 12.4. The quantitative estimate of drug-likeness (QED) is 0.260. The third kappa shape index (κ3) is 5.43. The van der Waals surface area contributed by atoms with Gasteiger partial charge in [0.05, 0.1) is 0 Å². The highest BCUT2D eigenvalue weighted by Gasteiger charge is 2.26. The van der Waals surface area contributed by atoms with E-state index in [1.807, 2.05) is 66.7 Å². The molecule has 7 nitrogen and oxygen atoms in total. The lowest BCUT2D eigenvalue weighted by Crippen LogP contribution is -2.32. The number of fused-ring (bicyclic) bond motifs is 1. The van der Waals surface area contributed by atoms with Crippen LogP contribution in [0.4, 0.5) is 5.69 Å². The van der Waals surface area contributed by atoms with E-state index >= 15 is 0 Å². The van der Waals surface area contributed by atoms with Crippen molar-refractivity contribution in [1.29, 1.82) is 0 Å². The van der Waals surface area contributed by atoms with Crippen LogP contribution in [0, 0.1) is 0 Å². The fourth-order valence-corrected chi connectivity index (χ4v) is 4.35. The summed E-state index contributed by atoms with van der Waals surface area (Å²) in [6.45, 7) is 1.49. The highest BCUT2D eigenvalue weighted by molar-refractivity contribution is 6.07. The molecule has 0 bridgehead atoms. The molecule has 7 heteroatoms. The highest BCUT2D eigenvalue weighted by atomic mass is 16.5. The number of hydrogen-bond donors (Lipinski definition) is 1. The Balaban J connectivity index is 1.36. The van der Waals surface area contributed by atoms with Gasteiger partial charge in [0.2, 0.25) is 0 Å². The van der Waals surface area contributed by atoms with Crippen molar-refractivity contribution in [1.82, 2.24) is 4.57 Å². The smallest absolute Gasteiger partial charge is 0.356 e. The molecule has 4 aromatic carbocycles. The molecule has 0 aliphatic rings. The lowest BCUT2D eigenvalue weighted by atomic mass is 9.97. The Hall–Kier alpha value is -5.17. The molecule has 5 rings (SSSR count). The fraction of sp³-hybridized carbons (Fsp3) is 0.0938. The van der Waals surface area contributed by atoms with Crippen molar-refractivity contribution >= 4 is 28.3 Å². The Kier molecular flexibility index (Phi) is 7.23. The minimum Gasteiger partial charge on any atom is -0.457 e. The van der Waals surface area contributed by atoms with Crippen molar-refractivity contribution < 1.29 is 19.1 Å². The van der Waals surface area contributed by atoms with Crippen LogP contribution in [0.3, 0.4) is 0 Å². The zero-order chi connectivity index (χ0) is 27.4. The van der Waals surface area contributed by atoms with E-state index in [-0.39, 0.29) is 11.3 Å². The van der Waals surface area contributed by atoms with E-state index in [1.54, 1.807) is 42.5 Å². The fourth-order valence-electron chi connectivity index (χ4n) is 4.35. The number of anilines is 1. The maximum atomic E-state index is 13.5. The summed E-state index contributed by atoms with van der Waals surface area (Å²) in [7, 11) is 1.53. The zero-order valence-corrected chi connectivity index (χ0v) is 21.5. The third-order valence-electron chi connectivity index (χ3n) is 6.31. The number of nitrogens with one attached hydrogen (secondary N) is 1. The van der Waals surface area contributed by atoms with Gasteiger partial charge in [-0.3, -0.25) is 9.59 Å². The van der Waals surface area contributed by atoms with Crippen molar-refractivity contribution in [3.05, 3.63) is 125 Å². The maximum absolute atomic E-state index is 13.5. The lowest BCUT2D eigenvalue weighted by molar-refractivity contribution is -0.123. The molecule has 39 heavy (non-hydrogen) atoms. The van der Waals surface area contributed by atoms with Crippen LogP contribution >= 0.6 is 0 Å². The molecule has 1 heterocycles. The van der Waals surface area contributed by atoms with Crippen LogP contribution in [-0.2, 0) is 16.6 Å². The second-order valence-electron chi connectivity index (χ2n) is 8.98. The van der Waals surface area contributed by atoms with Crippen molar-refractivity contribution in [2.45, 2.75) is 13.0 Å². The number of rotatable bonds is 7. The van der Waals surface area contributed by atoms with Gasteiger partial charge in [-0.25, -0.2) is 4.79 Å². The first-order valence-corrected chi connectivity index (χ1v) is 12.4. The Morgan fingerprint density at radius 3 is 1.97 bits per heavy atom. The van der Waals surface area contributed by atoms with Gasteiger partial charge >= 0.3 is 5.97 Å². The standard InChI is InChI=1S/C32H26N2O5/c1-21(30(35)33-23-17-19-25(20-18-23)39-24-13-7-4-8-14-24)38-32(37)29-28(22-11-5-3-6-12-22)26-15-9-10-16-27(26)31(36)34(29)2/h3-21H,1-2H3,(H,33,35). The predicted molar refractivity (Wildman–Crippen MR) is 151 cm³/mol. The number of aromatic nitrogens is 1. The summed E-state index contributed by atoms with van der Waals surface area (Å²) in [5.41, 5.74) is 1.59. The number of carbonyl (C=O) groups excluding carboxylic acids is 2. The summed E-state index contributed by atoms with van der Waals surface area (Å²) in [6.07, 6.45) is -1.12. The number of hydrogen-bond acceptors (Lipinski definition) is 5. The molecule has 0 saturated carbocycles. The van der Waals surface area contributed by atoms with E-state index in [1.165, 1.54) is 18.5 Å². The van der Waals surface area contributed by atoms with Crippen LogP contribution in [0.25, 0.3) is 21.9 Å². The molecule has 1 aromatic heterocycles. The van der Waals surface area contributed by atoms with Gasteiger partial charge < -0.3 is 19.4 Å². The van der Waals surface area contributed by atoms with E-state index in [0.29, 0.717) is 33.5 Å². The van der Waals surface area contributed by atoms with Gasteiger partial charge in [-0.15, -0.1) is 0 Å². The number of benzene rings is 4. The Labute approximate surface area is 225 Å². The largest absolute Gasteiger partial charge is 0.457 e. The molecular formula is C32H26N2O5. The molecule has 0 aliphatic carbocycles. The summed E-state index contributed by atoms with van der Waals surface area (Å²) in [5.74, 6) is 0.0395. The number of nitrogens with zero attached hydrogens (tertiary/aromatic N) is 1. The number of carbonyl (C=O) groups is 2. The zero-order valence-electron chi connectivity index (χ0n) is 21.5. The van der Waals surface area contributed by atoms with Crippen LogP contribution in [-0.4, -0.2) is 22.5 Å². The van der Waals surface area contributed by atoms with Crippen molar-refractivity contribution in [2.75, 3.05) is 5.32 Å². The van der Waals surface area contributed by atoms with Crippen LogP contribution in [0.15, 0.2) is 114 Å². The molecule has 5 aromatic rings. The SMILES string of the molecule is CC(OC(=O)c1c(-c2ccccc2)c2ccccc2c(=O)n1C)C(=O)Nc1ccc(Oc2ccccc2)cc1. The predicted octanol–water partition coefficient (Wildman–Crippen LogP) is 6.18. The Morgan fingerprint density at radius 2 is 1.31 bits per heavy atom. The normalized spacial score (nSPS) is 11.5. The first kappa shape index (κ1) is 25.5. The molecular weight excluding hydrogens is 492 g/mol. The number of esters is 1. The maximum Gasteiger partial charge on any atom is 0.356 e. The Morgan fingerprint density at radius 1 is 0.744 bits per heavy atom. The van der Waals surface area contributed by atoms with Crippen LogP contribution < -0.4 is 15.6 Å². The summed E-state index contributed by atoms with van der Waals surface area (Å²) in [5, 5.41) is 3.87. The molecule has 1 amide bonds. The lowest BCUT2D eigenvalue weighted by Gasteiger charge is -2.19. The van der Waals surface area contributed by atoms with Gasteiger partial charge in [0.15, 0.2) is 6.10 Å². The number of amides is 1. The summed E-state index contributed by atoms with van der Waals surface area (Å²) < 4.78 is 12.6. The van der Waals surface area contributed by atoms with Crippen LogP contribution in [0.1, 0.15) is 17.4 Å². The third-order valence-corrected chi connectivity index (χ3v) is 6.31. The van der Waals surface area contributed by atoms with Crippen molar-refractivity contribution in [3.63, 3.8) is 0 Å². The second-order valence-corrected chi connectivity index (χ2v) is 8.98. The van der Waals surface area contributed by atoms with E-state index in [9.17, 15) is 14.4 Å². The topological polar surface area (TPSA) is 86.6 Å². The Bertz CT molecular complexity index is 1690. The minimum absolute atomic E-state index is 0.0759. The van der Waals surface area contributed by atoms with Gasteiger partial charge in [-0.1, -0.05) is 66.7 Å². The molecule has 194 valence electrons. The molecule has 1 unspecified atom stereocenters. The first-order chi connectivity index (χ1) is 18.9.